The summed E-state index contributed by atoms with van der Waals surface area (Å²) in [5, 5.41) is 2.76. The summed E-state index contributed by atoms with van der Waals surface area (Å²) in [6.07, 6.45) is 3.94. The highest BCUT2D eigenvalue weighted by atomic mass is 16.5. The third-order valence-corrected chi connectivity index (χ3v) is 8.62. The van der Waals surface area contributed by atoms with Crippen molar-refractivity contribution in [3.8, 4) is 0 Å². The van der Waals surface area contributed by atoms with Crippen LogP contribution in [0.5, 0.6) is 0 Å². The van der Waals surface area contributed by atoms with Gasteiger partial charge in [0, 0.05) is 75.0 Å². The van der Waals surface area contributed by atoms with Crippen molar-refractivity contribution in [1.82, 2.24) is 19.5 Å². The van der Waals surface area contributed by atoms with Crippen LogP contribution in [0.4, 0.5) is 5.69 Å². The average Bonchev–Trinajstić information content (AvgIpc) is 3.27. The van der Waals surface area contributed by atoms with E-state index in [1.54, 1.807) is 5.01 Å². The zero-order chi connectivity index (χ0) is 27.8. The van der Waals surface area contributed by atoms with Gasteiger partial charge in [-0.25, -0.2) is 5.84 Å². The van der Waals surface area contributed by atoms with Crippen LogP contribution in [-0.2, 0) is 4.74 Å². The number of pyridine rings is 1. The topological polar surface area (TPSA) is 88.8 Å². The largest absolute Gasteiger partial charge is 0.401 e. The molecule has 2 aliphatic rings. The quantitative estimate of drug-likeness (QED) is 0.277. The third-order valence-electron chi connectivity index (χ3n) is 8.62. The average molecular weight is 540 g/mol. The van der Waals surface area contributed by atoms with E-state index in [9.17, 15) is 0 Å². The van der Waals surface area contributed by atoms with Crippen LogP contribution in [0.25, 0.3) is 27.6 Å². The van der Waals surface area contributed by atoms with Crippen molar-refractivity contribution in [2.75, 3.05) is 58.4 Å². The molecule has 2 aliphatic heterocycles. The Labute approximate surface area is 236 Å². The molecule has 40 heavy (non-hydrogen) atoms. The number of aromatic nitrogens is 2. The number of likely N-dealkylation sites (N-methyl/N-ethyl adjacent to an activating group) is 1. The van der Waals surface area contributed by atoms with Crippen molar-refractivity contribution < 1.29 is 4.74 Å². The van der Waals surface area contributed by atoms with E-state index in [1.807, 2.05) is 20.2 Å². The summed E-state index contributed by atoms with van der Waals surface area (Å²) >= 11 is 0. The SMILES string of the molecule is C/C(N)=C(\c1cnc2c3ccc(N4CCN(C)CC4)cc3n([C@H](c3ccccc3)C3CCOCC3)c2c1)N(C)N. The molecule has 8 nitrogen and oxygen atoms in total. The molecule has 2 aromatic heterocycles. The van der Waals surface area contributed by atoms with Gasteiger partial charge in [-0.2, -0.15) is 0 Å². The van der Waals surface area contributed by atoms with Crippen LogP contribution in [0, 0.1) is 5.92 Å². The van der Waals surface area contributed by atoms with Gasteiger partial charge >= 0.3 is 0 Å². The highest BCUT2D eigenvalue weighted by Gasteiger charge is 2.30. The van der Waals surface area contributed by atoms with Crippen LogP contribution in [-0.4, -0.2) is 72.9 Å². The molecule has 0 bridgehead atoms. The number of fused-ring (bicyclic) bond motifs is 3. The molecular weight excluding hydrogens is 498 g/mol. The summed E-state index contributed by atoms with van der Waals surface area (Å²) in [5.41, 5.74) is 14.6. The van der Waals surface area contributed by atoms with Gasteiger partial charge in [0.15, 0.2) is 0 Å². The normalized spacial score (nSPS) is 18.8. The molecule has 0 spiro atoms. The summed E-state index contributed by atoms with van der Waals surface area (Å²) in [6, 6.07) is 20.2. The van der Waals surface area contributed by atoms with E-state index in [4.69, 9.17) is 21.3 Å². The van der Waals surface area contributed by atoms with Crippen LogP contribution in [0.3, 0.4) is 0 Å². The van der Waals surface area contributed by atoms with Gasteiger partial charge in [-0.15, -0.1) is 0 Å². The number of anilines is 1. The summed E-state index contributed by atoms with van der Waals surface area (Å²) in [4.78, 5) is 9.96. The van der Waals surface area contributed by atoms with Gasteiger partial charge in [-0.05, 0) is 62.6 Å². The summed E-state index contributed by atoms with van der Waals surface area (Å²) in [6.45, 7) is 7.66. The molecule has 210 valence electrons. The number of piperazine rings is 1. The standard InChI is InChI=1S/C32H41N7O/c1-22(33)31(37(3)34)25-19-29-30(35-21-25)27-10-9-26(38-15-13-36(2)14-16-38)20-28(27)39(29)32(23-7-5-4-6-8-23)24-11-17-40-18-12-24/h4-10,19-21,24,32H,11-18,33-34H2,1-3H3/b31-22-/t32-/m1/s1. The van der Waals surface area contributed by atoms with Gasteiger partial charge < -0.3 is 29.8 Å². The maximum Gasteiger partial charge on any atom is 0.0960 e. The second-order valence-corrected chi connectivity index (χ2v) is 11.4. The molecule has 2 fully saturated rings. The number of allylic oxidation sites excluding steroid dienone is 1. The van der Waals surface area contributed by atoms with Crippen LogP contribution < -0.4 is 16.5 Å². The molecule has 2 saturated heterocycles. The lowest BCUT2D eigenvalue weighted by atomic mass is 9.86. The predicted molar refractivity (Wildman–Crippen MR) is 164 cm³/mol. The fourth-order valence-corrected chi connectivity index (χ4v) is 6.61. The number of hydrogen-bond donors (Lipinski definition) is 2. The van der Waals surface area contributed by atoms with Crippen LogP contribution in [0.15, 0.2) is 66.5 Å². The minimum atomic E-state index is 0.145. The zero-order valence-electron chi connectivity index (χ0n) is 23.9. The fraction of sp³-hybridized carbons (Fsp3) is 0.406. The van der Waals surface area contributed by atoms with Crippen LogP contribution in [0.2, 0.25) is 0 Å². The Morgan fingerprint density at radius 3 is 2.40 bits per heavy atom. The Kier molecular flexibility index (Phi) is 7.40. The number of hydrazine groups is 1. The summed E-state index contributed by atoms with van der Waals surface area (Å²) in [7, 11) is 4.02. The molecule has 4 heterocycles. The molecule has 0 amide bonds. The lowest BCUT2D eigenvalue weighted by Crippen LogP contribution is -2.44. The Morgan fingerprint density at radius 2 is 1.73 bits per heavy atom. The Bertz CT molecular complexity index is 1510. The highest BCUT2D eigenvalue weighted by Crippen LogP contribution is 2.41. The molecule has 6 rings (SSSR count). The predicted octanol–water partition coefficient (Wildman–Crippen LogP) is 4.41. The number of ether oxygens (including phenoxy) is 1. The highest BCUT2D eigenvalue weighted by molar-refractivity contribution is 6.07. The Morgan fingerprint density at radius 1 is 1.00 bits per heavy atom. The van der Waals surface area contributed by atoms with Gasteiger partial charge in [0.25, 0.3) is 0 Å². The maximum atomic E-state index is 6.31. The van der Waals surface area contributed by atoms with Crippen molar-refractivity contribution >= 4 is 33.3 Å². The van der Waals surface area contributed by atoms with Crippen LogP contribution in [0.1, 0.15) is 36.9 Å². The zero-order valence-corrected chi connectivity index (χ0v) is 23.9. The van der Waals surface area contributed by atoms with Crippen molar-refractivity contribution in [3.05, 3.63) is 77.6 Å². The maximum absolute atomic E-state index is 6.31. The number of benzene rings is 2. The van der Waals surface area contributed by atoms with E-state index < -0.39 is 0 Å². The van der Waals surface area contributed by atoms with Gasteiger partial charge in [-0.1, -0.05) is 30.3 Å². The van der Waals surface area contributed by atoms with E-state index >= 15 is 0 Å². The van der Waals surface area contributed by atoms with E-state index in [2.05, 4.69) is 76.0 Å². The second kappa shape index (κ2) is 11.1. The molecule has 0 radical (unpaired) electrons. The van der Waals surface area contributed by atoms with Crippen molar-refractivity contribution in [2.45, 2.75) is 25.8 Å². The monoisotopic (exact) mass is 539 g/mol. The molecule has 0 saturated carbocycles. The first kappa shape index (κ1) is 26.6. The first-order valence-corrected chi connectivity index (χ1v) is 14.4. The summed E-state index contributed by atoms with van der Waals surface area (Å²) in [5.74, 6) is 6.68. The first-order chi connectivity index (χ1) is 19.4. The Hall–Kier alpha value is -3.59. The molecule has 2 aromatic carbocycles. The number of nitrogens with zero attached hydrogens (tertiary/aromatic N) is 5. The van der Waals surface area contributed by atoms with Crippen LogP contribution >= 0.6 is 0 Å². The molecule has 0 unspecified atom stereocenters. The minimum absolute atomic E-state index is 0.145. The minimum Gasteiger partial charge on any atom is -0.401 e. The molecule has 4 N–H and O–H groups in total. The number of hydrogen-bond acceptors (Lipinski definition) is 7. The first-order valence-electron chi connectivity index (χ1n) is 14.4. The van der Waals surface area contributed by atoms with E-state index in [-0.39, 0.29) is 6.04 Å². The van der Waals surface area contributed by atoms with Gasteiger partial charge in [-0.3, -0.25) is 4.98 Å². The van der Waals surface area contributed by atoms with Gasteiger partial charge in [0.2, 0.25) is 0 Å². The lowest BCUT2D eigenvalue weighted by Gasteiger charge is -2.35. The Balaban J connectivity index is 1.62. The van der Waals surface area contributed by atoms with Crippen molar-refractivity contribution in [1.29, 1.82) is 0 Å². The van der Waals surface area contributed by atoms with Crippen molar-refractivity contribution in [3.63, 3.8) is 0 Å². The molecule has 0 aliphatic carbocycles. The number of nitrogens with two attached hydrogens (primary N) is 2. The van der Waals surface area contributed by atoms with Crippen molar-refractivity contribution in [2.24, 2.45) is 17.5 Å². The lowest BCUT2D eigenvalue weighted by molar-refractivity contribution is 0.0553. The molecule has 8 heteroatoms. The van der Waals surface area contributed by atoms with E-state index in [1.165, 1.54) is 22.2 Å². The van der Waals surface area contributed by atoms with Gasteiger partial charge in [0.05, 0.1) is 28.3 Å². The molecule has 4 aromatic rings. The smallest absolute Gasteiger partial charge is 0.0960 e. The summed E-state index contributed by atoms with van der Waals surface area (Å²) < 4.78 is 8.36. The second-order valence-electron chi connectivity index (χ2n) is 11.4. The van der Waals surface area contributed by atoms with E-state index in [0.29, 0.717) is 11.6 Å². The molecular formula is C32H41N7O. The molecule has 1 atom stereocenters. The van der Waals surface area contributed by atoms with Gasteiger partial charge in [0.1, 0.15) is 0 Å². The third kappa shape index (κ3) is 4.91. The fourth-order valence-electron chi connectivity index (χ4n) is 6.61. The van der Waals surface area contributed by atoms with E-state index in [0.717, 1.165) is 74.5 Å². The number of rotatable bonds is 6.